The van der Waals surface area contributed by atoms with E-state index in [2.05, 4.69) is 26.9 Å². The number of amides is 3. The van der Waals surface area contributed by atoms with Gasteiger partial charge in [0.15, 0.2) is 0 Å². The molecule has 1 aromatic heterocycles. The van der Waals surface area contributed by atoms with Gasteiger partial charge in [-0.05, 0) is 62.5 Å². The van der Waals surface area contributed by atoms with Crippen LogP contribution in [0.4, 0.5) is 4.39 Å². The first-order valence-electron chi connectivity index (χ1n) is 16.3. The Morgan fingerprint density at radius 1 is 1.17 bits per heavy atom. The fourth-order valence-electron chi connectivity index (χ4n) is 6.90. The van der Waals surface area contributed by atoms with E-state index in [0.29, 0.717) is 22.7 Å². The maximum absolute atomic E-state index is 14.0. The van der Waals surface area contributed by atoms with E-state index in [0.717, 1.165) is 19.3 Å². The largest absolute Gasteiger partial charge is 0.497 e. The van der Waals surface area contributed by atoms with Crippen molar-refractivity contribution < 1.29 is 36.7 Å². The number of hydrogen-bond acceptors (Lipinski definition) is 9. The molecule has 0 spiro atoms. The van der Waals surface area contributed by atoms with Crippen LogP contribution in [-0.2, 0) is 24.4 Å². The average Bonchev–Trinajstić information content (AvgIpc) is 3.93. The molecule has 3 amide bonds. The zero-order valence-electron chi connectivity index (χ0n) is 26.9. The Labute approximate surface area is 273 Å². The molecule has 0 bridgehead atoms. The lowest BCUT2D eigenvalue weighted by molar-refractivity contribution is -0.140. The van der Waals surface area contributed by atoms with E-state index in [4.69, 9.17) is 9.47 Å². The first-order valence-corrected chi connectivity index (χ1v) is 17.8. The number of carbonyl (C=O) groups excluding carboxylic acids is 3. The minimum Gasteiger partial charge on any atom is -0.497 e. The van der Waals surface area contributed by atoms with Crippen LogP contribution in [0, 0.1) is 17.8 Å². The van der Waals surface area contributed by atoms with Gasteiger partial charge in [-0.15, -0.1) is 0 Å². The summed E-state index contributed by atoms with van der Waals surface area (Å²) in [6.07, 6.45) is 7.96. The molecule has 2 aromatic rings. The highest BCUT2D eigenvalue weighted by atomic mass is 32.2. The van der Waals surface area contributed by atoms with Crippen LogP contribution in [0.1, 0.15) is 65.2 Å². The second kappa shape index (κ2) is 12.7. The summed E-state index contributed by atoms with van der Waals surface area (Å²) in [5.74, 6) is -0.870. The molecule has 3 fully saturated rings. The zero-order chi connectivity index (χ0) is 33.6. The molecule has 3 heterocycles. The van der Waals surface area contributed by atoms with Crippen LogP contribution in [0.25, 0.3) is 11.0 Å². The molecule has 14 heteroatoms. The third-order valence-corrected chi connectivity index (χ3v) is 12.1. The summed E-state index contributed by atoms with van der Waals surface area (Å²) in [4.78, 5) is 51.8. The SMILES string of the molecule is COc1ccc2ncc(O[C@H]3C[C@H]4C(=O)N[C@]5(C(=O)NS(=O)(=O)C6(CF)CC6)C[C@H]5/C=C\CC[C@@H](C)C[C@@H](C)CC(=O)N4C3)nc2c1. The smallest absolute Gasteiger partial charge is 0.259 e. The number of rotatable bonds is 7. The lowest BCUT2D eigenvalue weighted by Gasteiger charge is -2.28. The summed E-state index contributed by atoms with van der Waals surface area (Å²) in [6.45, 7) is 3.19. The summed E-state index contributed by atoms with van der Waals surface area (Å²) in [6, 6.07) is 4.32. The number of methoxy groups -OCH3 is 1. The number of halogens is 1. The number of fused-ring (bicyclic) bond motifs is 3. The van der Waals surface area contributed by atoms with E-state index >= 15 is 0 Å². The number of hydrogen-bond donors (Lipinski definition) is 2. The number of nitrogens with one attached hydrogen (secondary N) is 2. The van der Waals surface area contributed by atoms with Gasteiger partial charge in [-0.1, -0.05) is 26.0 Å². The van der Waals surface area contributed by atoms with Crippen molar-refractivity contribution in [3.05, 3.63) is 36.5 Å². The normalized spacial score (nSPS) is 31.4. The summed E-state index contributed by atoms with van der Waals surface area (Å²) in [5, 5.41) is 2.83. The van der Waals surface area contributed by atoms with Crippen LogP contribution >= 0.6 is 0 Å². The van der Waals surface area contributed by atoms with Gasteiger partial charge in [-0.25, -0.2) is 22.8 Å². The molecule has 1 saturated heterocycles. The van der Waals surface area contributed by atoms with E-state index in [-0.39, 0.29) is 56.4 Å². The molecule has 2 aliphatic heterocycles. The summed E-state index contributed by atoms with van der Waals surface area (Å²) in [7, 11) is -2.75. The molecule has 1 aromatic carbocycles. The molecule has 2 saturated carbocycles. The van der Waals surface area contributed by atoms with E-state index in [1.54, 1.807) is 25.3 Å². The Kier molecular flexibility index (Phi) is 8.92. The van der Waals surface area contributed by atoms with Crippen LogP contribution in [0.5, 0.6) is 11.6 Å². The maximum atomic E-state index is 14.0. The molecule has 6 rings (SSSR count). The highest BCUT2D eigenvalue weighted by Crippen LogP contribution is 2.48. The van der Waals surface area contributed by atoms with Gasteiger partial charge in [0.1, 0.15) is 34.9 Å². The first kappa shape index (κ1) is 33.1. The predicted octanol–water partition coefficient (Wildman–Crippen LogP) is 3.21. The van der Waals surface area contributed by atoms with Crippen molar-refractivity contribution in [3.63, 3.8) is 0 Å². The van der Waals surface area contributed by atoms with Crippen LogP contribution < -0.4 is 19.5 Å². The molecule has 0 unspecified atom stereocenters. The molecule has 6 atom stereocenters. The number of nitrogens with zero attached hydrogens (tertiary/aromatic N) is 3. The number of carbonyl (C=O) groups is 3. The maximum Gasteiger partial charge on any atom is 0.259 e. The Morgan fingerprint density at radius 2 is 1.96 bits per heavy atom. The molecule has 47 heavy (non-hydrogen) atoms. The fraction of sp³-hybridized carbons (Fsp3) is 0.606. The van der Waals surface area contributed by atoms with E-state index in [9.17, 15) is 27.2 Å². The minimum absolute atomic E-state index is 0.0811. The lowest BCUT2D eigenvalue weighted by Crippen LogP contribution is -2.57. The number of ether oxygens (including phenoxy) is 2. The Balaban J connectivity index is 1.26. The molecule has 4 aliphatic rings. The quantitative estimate of drug-likeness (QED) is 0.422. The van der Waals surface area contributed by atoms with Crippen molar-refractivity contribution in [1.82, 2.24) is 24.9 Å². The molecular weight excluding hydrogens is 629 g/mol. The van der Waals surface area contributed by atoms with Gasteiger partial charge >= 0.3 is 0 Å². The standard InChI is InChI=1S/C33H42FN5O7S/c1-20-6-4-5-7-22-16-33(22,31(42)38-47(43,44)32(19-34)10-11-32)37-30(41)27-15-24(18-39(27)29(40)13-21(2)12-20)46-28-17-35-25-9-8-23(45-3)14-26(25)36-28/h5,7-9,14,17,20-22,24,27H,4,6,10-13,15-16,18-19H2,1-3H3,(H,37,41)(H,38,42)/b7-5-/t20-,21-,22-,24+,27+,33-/m1/s1. The Bertz CT molecular complexity index is 1700. The predicted molar refractivity (Wildman–Crippen MR) is 171 cm³/mol. The fourth-order valence-corrected chi connectivity index (χ4v) is 8.33. The van der Waals surface area contributed by atoms with Gasteiger partial charge in [0, 0.05) is 24.8 Å². The van der Waals surface area contributed by atoms with Gasteiger partial charge in [-0.2, -0.15) is 0 Å². The molecular formula is C33H42FN5O7S. The highest BCUT2D eigenvalue weighted by molar-refractivity contribution is 7.91. The number of benzene rings is 1. The van der Waals surface area contributed by atoms with Crippen molar-refractivity contribution in [2.45, 2.75) is 87.6 Å². The minimum atomic E-state index is -4.30. The highest BCUT2D eigenvalue weighted by Gasteiger charge is 2.64. The molecule has 254 valence electrons. The number of aromatic nitrogens is 2. The second-order valence-electron chi connectivity index (χ2n) is 13.8. The summed E-state index contributed by atoms with van der Waals surface area (Å²) >= 11 is 0. The van der Waals surface area contributed by atoms with E-state index in [1.807, 2.05) is 19.1 Å². The van der Waals surface area contributed by atoms with E-state index in [1.165, 1.54) is 11.1 Å². The lowest BCUT2D eigenvalue weighted by atomic mass is 9.91. The van der Waals surface area contributed by atoms with Crippen molar-refractivity contribution in [2.75, 3.05) is 20.3 Å². The van der Waals surface area contributed by atoms with Crippen molar-refractivity contribution >= 4 is 38.8 Å². The van der Waals surface area contributed by atoms with Gasteiger partial charge in [0.2, 0.25) is 27.7 Å². The third kappa shape index (κ3) is 6.66. The van der Waals surface area contributed by atoms with Crippen molar-refractivity contribution in [2.24, 2.45) is 17.8 Å². The van der Waals surface area contributed by atoms with Crippen LogP contribution in [0.15, 0.2) is 36.5 Å². The number of alkyl halides is 1. The van der Waals surface area contributed by atoms with Gasteiger partial charge in [0.05, 0.1) is 30.9 Å². The number of sulfonamides is 1. The Hall–Kier alpha value is -3.81. The Morgan fingerprint density at radius 3 is 2.68 bits per heavy atom. The second-order valence-corrected chi connectivity index (χ2v) is 15.9. The van der Waals surface area contributed by atoms with Crippen LogP contribution in [0.2, 0.25) is 0 Å². The van der Waals surface area contributed by atoms with Crippen molar-refractivity contribution in [3.8, 4) is 11.6 Å². The first-order chi connectivity index (χ1) is 22.4. The van der Waals surface area contributed by atoms with E-state index < -0.39 is 56.9 Å². The van der Waals surface area contributed by atoms with Gasteiger partial charge < -0.3 is 19.7 Å². The molecule has 2 aliphatic carbocycles. The monoisotopic (exact) mass is 671 g/mol. The summed E-state index contributed by atoms with van der Waals surface area (Å²) in [5.41, 5.74) is -0.335. The van der Waals surface area contributed by atoms with Crippen molar-refractivity contribution in [1.29, 1.82) is 0 Å². The number of allylic oxidation sites excluding steroid dienone is 1. The topological polar surface area (TPSA) is 157 Å². The molecule has 0 radical (unpaired) electrons. The summed E-state index contributed by atoms with van der Waals surface area (Å²) < 4.78 is 51.6. The third-order valence-electron chi connectivity index (χ3n) is 10.0. The molecule has 12 nitrogen and oxygen atoms in total. The zero-order valence-corrected chi connectivity index (χ0v) is 27.7. The van der Waals surface area contributed by atoms with Crippen LogP contribution in [0.3, 0.4) is 0 Å². The van der Waals surface area contributed by atoms with Gasteiger partial charge in [0.25, 0.3) is 5.91 Å². The molecule has 2 N–H and O–H groups in total. The van der Waals surface area contributed by atoms with Crippen LogP contribution in [-0.4, -0.2) is 83.8 Å². The average molecular weight is 672 g/mol. The van der Waals surface area contributed by atoms with Gasteiger partial charge in [-0.3, -0.25) is 19.1 Å².